The van der Waals surface area contributed by atoms with Crippen molar-refractivity contribution in [3.05, 3.63) is 33.8 Å². The first kappa shape index (κ1) is 37.3. The maximum Gasteiger partial charge on any atom is 0.0411 e. The lowest BCUT2D eigenvalue weighted by Gasteiger charge is -2.19. The average molecular weight is 403 g/mol. The zero-order valence-electron chi connectivity index (χ0n) is 21.8. The summed E-state index contributed by atoms with van der Waals surface area (Å²) in [6.07, 6.45) is 3.60. The van der Waals surface area contributed by atoms with Gasteiger partial charge in [-0.15, -0.1) is 0 Å². The van der Waals surface area contributed by atoms with Gasteiger partial charge >= 0.3 is 0 Å². The molecule has 0 aliphatic carbocycles. The first-order valence-corrected chi connectivity index (χ1v) is 12.0. The Kier molecular flexibility index (Phi) is 41.8. The molecule has 0 unspecified atom stereocenters. The summed E-state index contributed by atoms with van der Waals surface area (Å²) in [6.45, 7) is 31.6. The molecule has 1 aromatic rings. The van der Waals surface area contributed by atoms with E-state index < -0.39 is 0 Å². The summed E-state index contributed by atoms with van der Waals surface area (Å²) in [7, 11) is 0. The van der Waals surface area contributed by atoms with Crippen LogP contribution < -0.4 is 0 Å². The summed E-state index contributed by atoms with van der Waals surface area (Å²) < 4.78 is 0. The zero-order chi connectivity index (χ0) is 23.0. The van der Waals surface area contributed by atoms with Gasteiger partial charge in [0.15, 0.2) is 0 Å². The Bertz CT molecular complexity index is 333. The third-order valence-corrected chi connectivity index (χ3v) is 3.10. The zero-order valence-corrected chi connectivity index (χ0v) is 22.6. The molecule has 0 aromatic heterocycles. The second-order valence-electron chi connectivity index (χ2n) is 6.14. The average Bonchev–Trinajstić information content (AvgIpc) is 2.67. The summed E-state index contributed by atoms with van der Waals surface area (Å²) >= 11 is 6.17. The van der Waals surface area contributed by atoms with E-state index in [0.717, 1.165) is 11.4 Å². The third-order valence-electron chi connectivity index (χ3n) is 2.88. The topological polar surface area (TPSA) is 0 Å². The first-order chi connectivity index (χ1) is 12.8. The number of hydrogen-bond acceptors (Lipinski definition) is 0. The molecule has 0 amide bonds. The van der Waals surface area contributed by atoms with Gasteiger partial charge in [0.05, 0.1) is 0 Å². The van der Waals surface area contributed by atoms with E-state index in [9.17, 15) is 0 Å². The number of hydrogen-bond donors (Lipinski definition) is 0. The van der Waals surface area contributed by atoms with Gasteiger partial charge in [0.2, 0.25) is 0 Å². The Morgan fingerprint density at radius 2 is 0.852 bits per heavy atom. The molecule has 1 heteroatoms. The highest BCUT2D eigenvalue weighted by Crippen LogP contribution is 2.31. The molecule has 0 saturated heterocycles. The maximum absolute atomic E-state index is 6.17. The van der Waals surface area contributed by atoms with Crippen LogP contribution in [0, 0.1) is 0 Å². The SMILES string of the molecule is CC.CC.CC.CCC.CCC.CCc1c(C(C)C)cc(Cl)cc1C(C)C. The van der Waals surface area contributed by atoms with E-state index in [-0.39, 0.29) is 0 Å². The van der Waals surface area contributed by atoms with Crippen LogP contribution in [0.2, 0.25) is 5.02 Å². The van der Waals surface area contributed by atoms with Crippen molar-refractivity contribution in [3.63, 3.8) is 0 Å². The molecule has 1 aromatic carbocycles. The lowest BCUT2D eigenvalue weighted by Crippen LogP contribution is -2.02. The minimum Gasteiger partial charge on any atom is -0.0843 e. The minimum atomic E-state index is 0.552. The van der Waals surface area contributed by atoms with Crippen molar-refractivity contribution in [2.45, 2.75) is 135 Å². The molecular weight excluding hydrogens is 348 g/mol. The molecule has 27 heavy (non-hydrogen) atoms. The molecular formula is C26H55Cl. The van der Waals surface area contributed by atoms with Gasteiger partial charge < -0.3 is 0 Å². The smallest absolute Gasteiger partial charge is 0.0411 e. The Balaban J connectivity index is -0.000000113. The largest absolute Gasteiger partial charge is 0.0843 e. The van der Waals surface area contributed by atoms with Crippen LogP contribution in [0.5, 0.6) is 0 Å². The van der Waals surface area contributed by atoms with E-state index in [1.165, 1.54) is 29.5 Å². The molecule has 0 bridgehead atoms. The van der Waals surface area contributed by atoms with Crippen molar-refractivity contribution in [1.82, 2.24) is 0 Å². The molecule has 0 saturated carbocycles. The fraction of sp³-hybridized carbons (Fsp3) is 0.769. The van der Waals surface area contributed by atoms with E-state index in [1.807, 2.05) is 41.5 Å². The number of halogens is 1. The van der Waals surface area contributed by atoms with E-state index >= 15 is 0 Å². The van der Waals surface area contributed by atoms with Crippen LogP contribution in [-0.4, -0.2) is 0 Å². The van der Waals surface area contributed by atoms with Gasteiger partial charge in [-0.1, -0.05) is 128 Å². The van der Waals surface area contributed by atoms with Crippen LogP contribution in [0.25, 0.3) is 0 Å². The highest BCUT2D eigenvalue weighted by Gasteiger charge is 2.13. The van der Waals surface area contributed by atoms with Crippen molar-refractivity contribution >= 4 is 11.6 Å². The Hall–Kier alpha value is -0.490. The molecule has 0 aliphatic heterocycles. The Labute approximate surface area is 180 Å². The predicted molar refractivity (Wildman–Crippen MR) is 135 cm³/mol. The predicted octanol–water partition coefficient (Wildman–Crippen LogP) is 11.1. The van der Waals surface area contributed by atoms with Crippen molar-refractivity contribution in [2.75, 3.05) is 0 Å². The van der Waals surface area contributed by atoms with Crippen LogP contribution in [0.1, 0.15) is 145 Å². The van der Waals surface area contributed by atoms with Crippen molar-refractivity contribution < 1.29 is 0 Å². The molecule has 0 spiro atoms. The van der Waals surface area contributed by atoms with Crippen molar-refractivity contribution in [3.8, 4) is 0 Å². The summed E-state index contributed by atoms with van der Waals surface area (Å²) in [5, 5.41) is 0.875. The summed E-state index contributed by atoms with van der Waals surface area (Å²) in [4.78, 5) is 0. The Morgan fingerprint density at radius 3 is 1.00 bits per heavy atom. The van der Waals surface area contributed by atoms with Gasteiger partial charge in [-0.3, -0.25) is 0 Å². The van der Waals surface area contributed by atoms with Crippen LogP contribution in [0.3, 0.4) is 0 Å². The molecule has 0 atom stereocenters. The fourth-order valence-corrected chi connectivity index (χ4v) is 2.35. The van der Waals surface area contributed by atoms with E-state index in [1.54, 1.807) is 0 Å². The monoisotopic (exact) mass is 402 g/mol. The quantitative estimate of drug-likeness (QED) is 0.471. The molecule has 0 nitrogen and oxygen atoms in total. The van der Waals surface area contributed by atoms with E-state index in [4.69, 9.17) is 11.6 Å². The second kappa shape index (κ2) is 30.2. The highest BCUT2D eigenvalue weighted by molar-refractivity contribution is 6.30. The number of benzene rings is 1. The van der Waals surface area contributed by atoms with Crippen LogP contribution in [0.4, 0.5) is 0 Å². The van der Waals surface area contributed by atoms with E-state index in [2.05, 4.69) is 74.4 Å². The number of rotatable bonds is 3. The maximum atomic E-state index is 6.17. The van der Waals surface area contributed by atoms with Gasteiger partial charge in [-0.25, -0.2) is 0 Å². The van der Waals surface area contributed by atoms with Crippen LogP contribution >= 0.6 is 11.6 Å². The Morgan fingerprint density at radius 1 is 0.630 bits per heavy atom. The van der Waals surface area contributed by atoms with Crippen LogP contribution in [-0.2, 0) is 6.42 Å². The lowest BCUT2D eigenvalue weighted by atomic mass is 9.87. The summed E-state index contributed by atoms with van der Waals surface area (Å²) in [6, 6.07) is 4.24. The van der Waals surface area contributed by atoms with Gasteiger partial charge in [0.1, 0.15) is 0 Å². The molecule has 0 radical (unpaired) electrons. The second-order valence-corrected chi connectivity index (χ2v) is 6.58. The third kappa shape index (κ3) is 21.7. The standard InChI is InChI=1S/C14H21Cl.2C3H8.3C2H6/c1-6-12-13(9(2)3)7-11(15)8-14(12)10(4)5;2*1-3-2;3*1-2/h7-10H,6H2,1-5H3;2*3H2,1-2H3;3*1-2H3. The molecule has 166 valence electrons. The van der Waals surface area contributed by atoms with Crippen molar-refractivity contribution in [1.29, 1.82) is 0 Å². The summed E-state index contributed by atoms with van der Waals surface area (Å²) in [5.41, 5.74) is 4.31. The van der Waals surface area contributed by atoms with Crippen LogP contribution in [0.15, 0.2) is 12.1 Å². The molecule has 1 rings (SSSR count). The molecule has 0 N–H and O–H groups in total. The van der Waals surface area contributed by atoms with Crippen molar-refractivity contribution in [2.24, 2.45) is 0 Å². The highest BCUT2D eigenvalue weighted by atomic mass is 35.5. The molecule has 0 fully saturated rings. The lowest BCUT2D eigenvalue weighted by molar-refractivity contribution is 0.800. The minimum absolute atomic E-state index is 0.552. The van der Waals surface area contributed by atoms with Gasteiger partial charge in [-0.05, 0) is 47.1 Å². The van der Waals surface area contributed by atoms with Gasteiger partial charge in [-0.2, -0.15) is 0 Å². The van der Waals surface area contributed by atoms with Gasteiger partial charge in [0, 0.05) is 5.02 Å². The molecule has 0 heterocycles. The molecule has 0 aliphatic rings. The fourth-order valence-electron chi connectivity index (χ4n) is 2.12. The van der Waals surface area contributed by atoms with Gasteiger partial charge in [0.25, 0.3) is 0 Å². The first-order valence-electron chi connectivity index (χ1n) is 11.6. The normalized spacial score (nSPS) is 8.37. The summed E-state index contributed by atoms with van der Waals surface area (Å²) in [5.74, 6) is 1.10. The van der Waals surface area contributed by atoms with E-state index in [0.29, 0.717) is 11.8 Å².